The lowest BCUT2D eigenvalue weighted by Gasteiger charge is -2.06. The smallest absolute Gasteiger partial charge is 0.213 e. The SMILES string of the molecule is c1ccc(COCCCOc2ccccn2)cc1. The molecule has 0 aliphatic carbocycles. The van der Waals surface area contributed by atoms with Crippen LogP contribution in [0, 0.1) is 0 Å². The summed E-state index contributed by atoms with van der Waals surface area (Å²) in [4.78, 5) is 4.08. The van der Waals surface area contributed by atoms with Crippen molar-refractivity contribution < 1.29 is 9.47 Å². The third kappa shape index (κ3) is 4.55. The lowest BCUT2D eigenvalue weighted by atomic mass is 10.2. The van der Waals surface area contributed by atoms with E-state index in [2.05, 4.69) is 17.1 Å². The minimum Gasteiger partial charge on any atom is -0.478 e. The molecule has 0 N–H and O–H groups in total. The Balaban J connectivity index is 1.54. The normalized spacial score (nSPS) is 10.2. The van der Waals surface area contributed by atoms with Crippen LogP contribution in [0.25, 0.3) is 0 Å². The van der Waals surface area contributed by atoms with Gasteiger partial charge in [-0.15, -0.1) is 0 Å². The topological polar surface area (TPSA) is 31.4 Å². The van der Waals surface area contributed by atoms with Crippen molar-refractivity contribution in [2.45, 2.75) is 13.0 Å². The molecule has 0 spiro atoms. The van der Waals surface area contributed by atoms with Crippen LogP contribution in [-0.4, -0.2) is 18.2 Å². The zero-order valence-electron chi connectivity index (χ0n) is 10.3. The van der Waals surface area contributed by atoms with Crippen molar-refractivity contribution in [3.63, 3.8) is 0 Å². The molecule has 0 amide bonds. The predicted molar refractivity (Wildman–Crippen MR) is 70.4 cm³/mol. The van der Waals surface area contributed by atoms with Gasteiger partial charge >= 0.3 is 0 Å². The van der Waals surface area contributed by atoms with E-state index >= 15 is 0 Å². The van der Waals surface area contributed by atoms with Gasteiger partial charge in [-0.3, -0.25) is 0 Å². The van der Waals surface area contributed by atoms with Gasteiger partial charge in [0.25, 0.3) is 0 Å². The quantitative estimate of drug-likeness (QED) is 0.700. The fraction of sp³-hybridized carbons (Fsp3) is 0.267. The monoisotopic (exact) mass is 243 g/mol. The Hall–Kier alpha value is -1.87. The maximum atomic E-state index is 5.56. The van der Waals surface area contributed by atoms with Crippen LogP contribution in [0.3, 0.4) is 0 Å². The second-order valence-electron chi connectivity index (χ2n) is 3.91. The molecule has 18 heavy (non-hydrogen) atoms. The zero-order valence-corrected chi connectivity index (χ0v) is 10.3. The average molecular weight is 243 g/mol. The molecule has 3 heteroatoms. The molecule has 0 bridgehead atoms. The molecular formula is C15H17NO2. The third-order valence-corrected chi connectivity index (χ3v) is 2.43. The Morgan fingerprint density at radius 3 is 2.50 bits per heavy atom. The van der Waals surface area contributed by atoms with Crippen LogP contribution in [0.4, 0.5) is 0 Å². The fourth-order valence-corrected chi connectivity index (χ4v) is 1.53. The summed E-state index contributed by atoms with van der Waals surface area (Å²) in [5.74, 6) is 0.667. The van der Waals surface area contributed by atoms with Gasteiger partial charge in [-0.2, -0.15) is 0 Å². The highest BCUT2D eigenvalue weighted by molar-refractivity contribution is 5.13. The van der Waals surface area contributed by atoms with Crippen LogP contribution in [0.1, 0.15) is 12.0 Å². The first-order valence-electron chi connectivity index (χ1n) is 6.10. The number of hydrogen-bond donors (Lipinski definition) is 0. The number of pyridine rings is 1. The molecule has 0 saturated heterocycles. The Morgan fingerprint density at radius 1 is 0.889 bits per heavy atom. The molecule has 94 valence electrons. The maximum absolute atomic E-state index is 5.56. The van der Waals surface area contributed by atoms with E-state index in [-0.39, 0.29) is 0 Å². The van der Waals surface area contributed by atoms with Gasteiger partial charge in [0.05, 0.1) is 19.8 Å². The van der Waals surface area contributed by atoms with Crippen molar-refractivity contribution in [2.24, 2.45) is 0 Å². The highest BCUT2D eigenvalue weighted by atomic mass is 16.5. The van der Waals surface area contributed by atoms with Crippen molar-refractivity contribution in [1.82, 2.24) is 4.98 Å². The second kappa shape index (κ2) is 7.45. The highest BCUT2D eigenvalue weighted by Crippen LogP contribution is 2.04. The summed E-state index contributed by atoms with van der Waals surface area (Å²) in [7, 11) is 0. The van der Waals surface area contributed by atoms with Crippen LogP contribution in [0.2, 0.25) is 0 Å². The molecule has 1 heterocycles. The molecular weight excluding hydrogens is 226 g/mol. The standard InChI is InChI=1S/C15H17NO2/c1-2-7-14(8-3-1)13-17-11-6-12-18-15-9-4-5-10-16-15/h1-5,7-10H,6,11-13H2. The first-order chi connectivity index (χ1) is 8.95. The lowest BCUT2D eigenvalue weighted by molar-refractivity contribution is 0.106. The molecule has 0 aliphatic rings. The van der Waals surface area contributed by atoms with Gasteiger partial charge in [-0.05, 0) is 11.6 Å². The van der Waals surface area contributed by atoms with Crippen LogP contribution in [0.5, 0.6) is 5.88 Å². The number of hydrogen-bond acceptors (Lipinski definition) is 3. The van der Waals surface area contributed by atoms with Crippen molar-refractivity contribution in [3.05, 3.63) is 60.3 Å². The van der Waals surface area contributed by atoms with Gasteiger partial charge in [0, 0.05) is 18.7 Å². The largest absolute Gasteiger partial charge is 0.478 e. The Bertz CT molecular complexity index is 387. The van der Waals surface area contributed by atoms with Crippen LogP contribution in [-0.2, 0) is 11.3 Å². The summed E-state index contributed by atoms with van der Waals surface area (Å²) in [5.41, 5.74) is 1.20. The average Bonchev–Trinajstić information content (AvgIpc) is 2.45. The van der Waals surface area contributed by atoms with Gasteiger partial charge in [0.15, 0.2) is 0 Å². The molecule has 1 aromatic heterocycles. The maximum Gasteiger partial charge on any atom is 0.213 e. The summed E-state index contributed by atoms with van der Waals surface area (Å²) < 4.78 is 11.0. The third-order valence-electron chi connectivity index (χ3n) is 2.43. The van der Waals surface area contributed by atoms with Gasteiger partial charge in [0.2, 0.25) is 5.88 Å². The molecule has 0 atom stereocenters. The Labute approximate surface area is 107 Å². The lowest BCUT2D eigenvalue weighted by Crippen LogP contribution is -2.03. The van der Waals surface area contributed by atoms with E-state index in [1.807, 2.05) is 36.4 Å². The van der Waals surface area contributed by atoms with Gasteiger partial charge < -0.3 is 9.47 Å². The minimum absolute atomic E-state index is 0.631. The molecule has 0 saturated carbocycles. The number of ether oxygens (including phenoxy) is 2. The van der Waals surface area contributed by atoms with Crippen molar-refractivity contribution >= 4 is 0 Å². The van der Waals surface area contributed by atoms with Crippen molar-refractivity contribution in [1.29, 1.82) is 0 Å². The van der Waals surface area contributed by atoms with E-state index in [1.165, 1.54) is 5.56 Å². The van der Waals surface area contributed by atoms with E-state index in [0.717, 1.165) is 6.42 Å². The van der Waals surface area contributed by atoms with Crippen LogP contribution in [0.15, 0.2) is 54.7 Å². The van der Waals surface area contributed by atoms with Crippen LogP contribution >= 0.6 is 0 Å². The second-order valence-corrected chi connectivity index (χ2v) is 3.91. The number of aromatic nitrogens is 1. The molecule has 2 rings (SSSR count). The first kappa shape index (κ1) is 12.6. The highest BCUT2D eigenvalue weighted by Gasteiger charge is 1.94. The summed E-state index contributed by atoms with van der Waals surface area (Å²) in [5, 5.41) is 0. The molecule has 1 aromatic carbocycles. The fourth-order valence-electron chi connectivity index (χ4n) is 1.53. The molecule has 2 aromatic rings. The Morgan fingerprint density at radius 2 is 1.72 bits per heavy atom. The van der Waals surface area contributed by atoms with E-state index < -0.39 is 0 Å². The number of rotatable bonds is 7. The summed E-state index contributed by atoms with van der Waals surface area (Å²) >= 11 is 0. The zero-order chi connectivity index (χ0) is 12.5. The van der Waals surface area contributed by atoms with Gasteiger partial charge in [-0.1, -0.05) is 36.4 Å². The van der Waals surface area contributed by atoms with E-state index in [1.54, 1.807) is 6.20 Å². The molecule has 0 radical (unpaired) electrons. The van der Waals surface area contributed by atoms with Crippen molar-refractivity contribution in [3.8, 4) is 5.88 Å². The summed E-state index contributed by atoms with van der Waals surface area (Å²) in [6.07, 6.45) is 2.59. The molecule has 3 nitrogen and oxygen atoms in total. The summed E-state index contributed by atoms with van der Waals surface area (Å²) in [6.45, 7) is 1.98. The minimum atomic E-state index is 0.631. The molecule has 0 aliphatic heterocycles. The summed E-state index contributed by atoms with van der Waals surface area (Å²) in [6, 6.07) is 15.8. The first-order valence-corrected chi connectivity index (χ1v) is 6.10. The van der Waals surface area contributed by atoms with E-state index in [9.17, 15) is 0 Å². The molecule has 0 fully saturated rings. The van der Waals surface area contributed by atoms with Crippen LogP contribution < -0.4 is 4.74 Å². The molecule has 0 unspecified atom stereocenters. The number of nitrogens with zero attached hydrogens (tertiary/aromatic N) is 1. The van der Waals surface area contributed by atoms with E-state index in [4.69, 9.17) is 9.47 Å². The van der Waals surface area contributed by atoms with Gasteiger partial charge in [0.1, 0.15) is 0 Å². The van der Waals surface area contributed by atoms with Gasteiger partial charge in [-0.25, -0.2) is 4.98 Å². The van der Waals surface area contributed by atoms with E-state index in [0.29, 0.717) is 25.7 Å². The number of benzene rings is 1. The Kier molecular flexibility index (Phi) is 5.21. The predicted octanol–water partition coefficient (Wildman–Crippen LogP) is 3.07. The van der Waals surface area contributed by atoms with Crippen molar-refractivity contribution in [2.75, 3.05) is 13.2 Å².